The first kappa shape index (κ1) is 27.5. The highest BCUT2D eigenvalue weighted by atomic mass is 35.5. The number of carbonyl (C=O) groups is 1. The fraction of sp³-hybridized carbons (Fsp3) is 0.324. The topological polar surface area (TPSA) is 84.2 Å². The van der Waals surface area contributed by atoms with E-state index >= 15 is 0 Å². The van der Waals surface area contributed by atoms with Crippen molar-refractivity contribution in [1.29, 1.82) is 0 Å². The van der Waals surface area contributed by atoms with Gasteiger partial charge in [0.1, 0.15) is 5.82 Å². The van der Waals surface area contributed by atoms with Crippen LogP contribution in [0.3, 0.4) is 0 Å². The van der Waals surface area contributed by atoms with Gasteiger partial charge in [0.05, 0.1) is 30.2 Å². The molecule has 5 rings (SSSR count). The molecule has 0 radical (unpaired) electrons. The summed E-state index contributed by atoms with van der Waals surface area (Å²) in [6.45, 7) is 15.9. The van der Waals surface area contributed by atoms with Gasteiger partial charge in [0.25, 0.3) is 0 Å². The predicted molar refractivity (Wildman–Crippen MR) is 175 cm³/mol. The number of anilines is 1. The molecule has 0 bridgehead atoms. The highest BCUT2D eigenvalue weighted by Crippen LogP contribution is 2.38. The molecule has 3 aromatic heterocycles. The number of hydrogen-bond acceptors (Lipinski definition) is 6. The Balaban J connectivity index is 1.87. The van der Waals surface area contributed by atoms with Gasteiger partial charge in [0.2, 0.25) is 5.91 Å². The molecule has 1 saturated heterocycles. The zero-order chi connectivity index (χ0) is 32.7. The number of allylic oxidation sites excluding steroid dienone is 1. The van der Waals surface area contributed by atoms with Gasteiger partial charge in [-0.3, -0.25) is 9.78 Å². The van der Waals surface area contributed by atoms with Crippen molar-refractivity contribution in [3.63, 3.8) is 0 Å². The third-order valence-corrected chi connectivity index (χ3v) is 8.25. The molecule has 0 saturated carbocycles. The van der Waals surface area contributed by atoms with E-state index in [9.17, 15) is 9.59 Å². The summed E-state index contributed by atoms with van der Waals surface area (Å²) in [7, 11) is 0. The molecule has 1 fully saturated rings. The van der Waals surface area contributed by atoms with Crippen LogP contribution in [0, 0.1) is 6.92 Å². The molecule has 4 aromatic rings. The molecule has 0 aliphatic carbocycles. The van der Waals surface area contributed by atoms with Crippen molar-refractivity contribution in [2.75, 3.05) is 18.0 Å². The Morgan fingerprint density at radius 3 is 2.51 bits per heavy atom. The molecule has 0 N–H and O–H groups in total. The molecule has 0 spiro atoms. The number of piperazine rings is 1. The second kappa shape index (κ2) is 11.8. The van der Waals surface area contributed by atoms with E-state index in [-0.39, 0.29) is 30.4 Å². The molecule has 1 amide bonds. The van der Waals surface area contributed by atoms with E-state index in [1.54, 1.807) is 24.1 Å². The van der Waals surface area contributed by atoms with Crippen molar-refractivity contribution in [1.82, 2.24) is 24.4 Å². The van der Waals surface area contributed by atoms with Crippen molar-refractivity contribution in [3.05, 3.63) is 94.1 Å². The molecule has 4 heterocycles. The lowest BCUT2D eigenvalue weighted by atomic mass is 9.98. The molecule has 2 atom stereocenters. The van der Waals surface area contributed by atoms with Gasteiger partial charge >= 0.3 is 5.69 Å². The quantitative estimate of drug-likeness (QED) is 0.233. The van der Waals surface area contributed by atoms with Gasteiger partial charge in [-0.05, 0) is 62.9 Å². The van der Waals surface area contributed by atoms with Gasteiger partial charge in [-0.15, -0.1) is 0 Å². The van der Waals surface area contributed by atoms with E-state index in [0.29, 0.717) is 63.0 Å². The highest BCUT2D eigenvalue weighted by molar-refractivity contribution is 6.34. The number of aryl methyl sites for hydroxylation is 1. The van der Waals surface area contributed by atoms with E-state index in [4.69, 9.17) is 19.3 Å². The third kappa shape index (κ3) is 5.36. The van der Waals surface area contributed by atoms with Crippen molar-refractivity contribution < 1.29 is 7.54 Å². The average molecular weight is 599 g/mol. The van der Waals surface area contributed by atoms with Crippen LogP contribution in [-0.4, -0.2) is 55.5 Å². The minimum atomic E-state index is -0.510. The lowest BCUT2D eigenvalue weighted by Crippen LogP contribution is -2.58. The molecule has 1 aliphatic rings. The zero-order valence-corrected chi connectivity index (χ0v) is 26.1. The van der Waals surface area contributed by atoms with Crippen molar-refractivity contribution in [2.24, 2.45) is 0 Å². The summed E-state index contributed by atoms with van der Waals surface area (Å²) in [5.74, 6) is 0.301. The number of aromatic nitrogens is 4. The van der Waals surface area contributed by atoms with Gasteiger partial charge in [0, 0.05) is 36.9 Å². The summed E-state index contributed by atoms with van der Waals surface area (Å²) >= 11 is 7.03. The number of fused-ring (bicyclic) bond motifs is 1. The number of hydrogen-bond donors (Lipinski definition) is 0. The first-order valence-electron chi connectivity index (χ1n) is 15.4. The van der Waals surface area contributed by atoms with E-state index in [0.717, 1.165) is 11.3 Å². The van der Waals surface area contributed by atoms with Gasteiger partial charge in [-0.2, -0.15) is 4.98 Å². The lowest BCUT2D eigenvalue weighted by Gasteiger charge is -2.45. The minimum Gasteiger partial charge on any atom is -0.347 e. The third-order valence-electron chi connectivity index (χ3n) is 7.96. The van der Waals surface area contributed by atoms with Crippen LogP contribution in [0.2, 0.25) is 5.02 Å². The van der Waals surface area contributed by atoms with E-state index in [2.05, 4.69) is 21.4 Å². The number of nitrogens with zero attached hydrogens (tertiary/aromatic N) is 6. The van der Waals surface area contributed by atoms with Gasteiger partial charge in [-0.1, -0.05) is 68.4 Å². The maximum atomic E-state index is 14.2. The number of rotatable bonds is 6. The Hall–Kier alpha value is -4.30. The van der Waals surface area contributed by atoms with Crippen LogP contribution < -0.4 is 10.6 Å². The lowest BCUT2D eigenvalue weighted by molar-refractivity contribution is -0.127. The molecule has 222 valence electrons. The molecule has 1 aliphatic heterocycles. The Morgan fingerprint density at radius 2 is 1.86 bits per heavy atom. The minimum absolute atomic E-state index is 0.00450. The fourth-order valence-corrected chi connectivity index (χ4v) is 6.30. The number of amides is 1. The van der Waals surface area contributed by atoms with E-state index < -0.39 is 5.69 Å². The second-order valence-corrected chi connectivity index (χ2v) is 11.9. The number of halogens is 1. The van der Waals surface area contributed by atoms with Crippen LogP contribution in [0.25, 0.3) is 33.6 Å². The molecule has 9 heteroatoms. The number of pyridine rings is 2. The second-order valence-electron chi connectivity index (χ2n) is 11.5. The SMILES string of the molecule is [2H]C([2H])=C(C)c1ccccc1-c1nc2c(cc1Cl)c(N1[C@@H](C)CN(C(=O)C=C)C[C@@H]1C)nc(=O)n2-c1c(C)ccnc1C(C)C. The van der Waals surface area contributed by atoms with Crippen molar-refractivity contribution in [2.45, 2.75) is 59.5 Å². The molecular weight excluding hydrogens is 560 g/mol. The average Bonchev–Trinajstić information content (AvgIpc) is 3.00. The maximum absolute atomic E-state index is 14.2. The highest BCUT2D eigenvalue weighted by Gasteiger charge is 2.34. The van der Waals surface area contributed by atoms with Crippen LogP contribution in [0.5, 0.6) is 0 Å². The molecule has 43 heavy (non-hydrogen) atoms. The number of carbonyl (C=O) groups excluding carboxylic acids is 1. The first-order valence-corrected chi connectivity index (χ1v) is 14.8. The summed E-state index contributed by atoms with van der Waals surface area (Å²) in [6.07, 6.45) is 3.05. The van der Waals surface area contributed by atoms with Crippen LogP contribution in [0.1, 0.15) is 60.1 Å². The summed E-state index contributed by atoms with van der Waals surface area (Å²) in [6, 6.07) is 10.7. The molecule has 0 unspecified atom stereocenters. The Bertz CT molecular complexity index is 1910. The summed E-state index contributed by atoms with van der Waals surface area (Å²) in [4.78, 5) is 45.0. The largest absolute Gasteiger partial charge is 0.355 e. The summed E-state index contributed by atoms with van der Waals surface area (Å²) in [5.41, 5.74) is 4.23. The Labute approximate surface area is 260 Å². The van der Waals surface area contributed by atoms with E-state index in [1.165, 1.54) is 10.6 Å². The molecular formula is C34H37ClN6O2. The Kier molecular flexibility index (Phi) is 7.53. The van der Waals surface area contributed by atoms with Gasteiger partial charge < -0.3 is 9.80 Å². The zero-order valence-electron chi connectivity index (χ0n) is 27.3. The van der Waals surface area contributed by atoms with Gasteiger partial charge in [0.15, 0.2) is 5.65 Å². The standard InChI is InChI=1S/C34H37ClN6O2/c1-9-28(42)39-17-22(7)40(23(8)18-39)33-26-16-27(35)30(25-13-11-10-12-24(25)19(2)3)37-32(26)41(34(43)38-33)31-21(6)14-15-36-29(31)20(4)5/h9-16,20,22-23H,1-2,17-18H2,3-8H3/t22-,23-/m0/s1/i2D2. The smallest absolute Gasteiger partial charge is 0.347 e. The van der Waals surface area contributed by atoms with Gasteiger partial charge in [-0.25, -0.2) is 14.3 Å². The first-order chi connectivity index (χ1) is 21.3. The van der Waals surface area contributed by atoms with Crippen LogP contribution in [0.15, 0.2) is 66.6 Å². The fourth-order valence-electron chi connectivity index (χ4n) is 6.04. The molecule has 8 nitrogen and oxygen atoms in total. The van der Waals surface area contributed by atoms with Crippen molar-refractivity contribution in [3.8, 4) is 16.9 Å². The predicted octanol–water partition coefficient (Wildman–Crippen LogP) is 6.57. The number of benzene rings is 1. The summed E-state index contributed by atoms with van der Waals surface area (Å²) in [5, 5.41) is 0.912. The normalized spacial score (nSPS) is 17.6. The van der Waals surface area contributed by atoms with Crippen molar-refractivity contribution >= 4 is 39.9 Å². The van der Waals surface area contributed by atoms with E-state index in [1.807, 2.05) is 65.0 Å². The summed E-state index contributed by atoms with van der Waals surface area (Å²) < 4.78 is 17.4. The van der Waals surface area contributed by atoms with Crippen LogP contribution in [-0.2, 0) is 4.79 Å². The Morgan fingerprint density at radius 1 is 1.16 bits per heavy atom. The monoisotopic (exact) mass is 598 g/mol. The molecule has 1 aromatic carbocycles. The van der Waals surface area contributed by atoms with Crippen LogP contribution >= 0.6 is 11.6 Å². The van der Waals surface area contributed by atoms with Crippen LogP contribution in [0.4, 0.5) is 5.82 Å². The maximum Gasteiger partial charge on any atom is 0.355 e.